The van der Waals surface area contributed by atoms with Crippen LogP contribution in [0.1, 0.15) is 6.92 Å². The fourth-order valence-electron chi connectivity index (χ4n) is 0.754. The van der Waals surface area contributed by atoms with Gasteiger partial charge in [-0.1, -0.05) is 6.58 Å². The summed E-state index contributed by atoms with van der Waals surface area (Å²) in [5.41, 5.74) is 6.07. The molecule has 0 aliphatic rings. The average Bonchev–Trinajstić information content (AvgIpc) is 2.26. The number of halogens is 1. The van der Waals surface area contributed by atoms with Gasteiger partial charge in [0.1, 0.15) is 28.6 Å². The van der Waals surface area contributed by atoms with Crippen LogP contribution in [0.4, 0.5) is 0 Å². The summed E-state index contributed by atoms with van der Waals surface area (Å²) in [6.45, 7) is 4.73. The Kier molecular flexibility index (Phi) is 7.36. The van der Waals surface area contributed by atoms with Crippen LogP contribution in [0.25, 0.3) is 0 Å². The lowest BCUT2D eigenvalue weighted by Crippen LogP contribution is -2.05. The summed E-state index contributed by atoms with van der Waals surface area (Å²) in [7, 11) is -2.38. The monoisotopic (exact) mass is 403 g/mol. The number of hydrogen-bond acceptors (Lipinski definition) is 7. The molecular formula is C7H11IN5O3PS. The van der Waals surface area contributed by atoms with Gasteiger partial charge in [-0.25, -0.2) is 0 Å². The first kappa shape index (κ1) is 17.3. The Morgan fingerprint density at radius 3 is 2.44 bits per heavy atom. The molecule has 0 bridgehead atoms. The van der Waals surface area contributed by atoms with Crippen LogP contribution in [-0.2, 0) is 10.1 Å². The first-order valence-electron chi connectivity index (χ1n) is 4.21. The van der Waals surface area contributed by atoms with E-state index in [0.717, 1.165) is 6.08 Å². The van der Waals surface area contributed by atoms with Crippen LogP contribution < -0.4 is 5.73 Å². The highest BCUT2D eigenvalue weighted by Gasteiger charge is 2.12. The van der Waals surface area contributed by atoms with Crippen LogP contribution in [0.15, 0.2) is 53.1 Å². The first-order chi connectivity index (χ1) is 8.23. The molecule has 0 aromatic rings. The van der Waals surface area contributed by atoms with E-state index in [-0.39, 0.29) is 11.4 Å². The van der Waals surface area contributed by atoms with Crippen molar-refractivity contribution in [2.75, 3.05) is 0 Å². The molecule has 0 aromatic heterocycles. The highest BCUT2D eigenvalue weighted by atomic mass is 127. The van der Waals surface area contributed by atoms with Gasteiger partial charge in [-0.05, 0) is 13.0 Å². The van der Waals surface area contributed by atoms with Crippen LogP contribution in [0.3, 0.4) is 0 Å². The molecule has 0 saturated heterocycles. The zero-order valence-electron chi connectivity index (χ0n) is 9.28. The minimum absolute atomic E-state index is 0.00178. The summed E-state index contributed by atoms with van der Waals surface area (Å²) in [5, 5.41) is 7.28. The van der Waals surface area contributed by atoms with Crippen molar-refractivity contribution in [1.82, 2.24) is 0 Å². The minimum atomic E-state index is -4.40. The number of allylic oxidation sites excluding steroid dienone is 2. The SMILES string of the molecule is C=C(/C=C(N=NI)\C(N)=C(/C)N=NP)S(=O)(=O)O. The third-order valence-electron chi connectivity index (χ3n) is 1.65. The molecule has 3 N–H and O–H groups in total. The lowest BCUT2D eigenvalue weighted by atomic mass is 10.2. The van der Waals surface area contributed by atoms with Crippen LogP contribution in [0.2, 0.25) is 0 Å². The number of rotatable bonds is 5. The van der Waals surface area contributed by atoms with Gasteiger partial charge in [-0.2, -0.15) is 18.4 Å². The van der Waals surface area contributed by atoms with Gasteiger partial charge in [0, 0.05) is 9.39 Å². The molecule has 0 spiro atoms. The van der Waals surface area contributed by atoms with Crippen molar-refractivity contribution in [3.8, 4) is 0 Å². The lowest BCUT2D eigenvalue weighted by Gasteiger charge is -2.03. The van der Waals surface area contributed by atoms with Gasteiger partial charge in [0.05, 0.1) is 16.3 Å². The molecule has 0 aromatic carbocycles. The van der Waals surface area contributed by atoms with Crippen LogP contribution >= 0.6 is 32.3 Å². The molecule has 0 rings (SSSR count). The lowest BCUT2D eigenvalue weighted by molar-refractivity contribution is 0.492. The predicted molar refractivity (Wildman–Crippen MR) is 79.1 cm³/mol. The van der Waals surface area contributed by atoms with E-state index in [4.69, 9.17) is 10.3 Å². The molecule has 100 valence electrons. The van der Waals surface area contributed by atoms with Gasteiger partial charge in [-0.15, -0.1) is 8.44 Å². The Bertz CT molecular complexity index is 551. The second-order valence-corrected chi connectivity index (χ2v) is 5.00. The van der Waals surface area contributed by atoms with Crippen molar-refractivity contribution in [3.63, 3.8) is 0 Å². The number of hydrogen-bond donors (Lipinski definition) is 2. The Balaban J connectivity index is 5.69. The van der Waals surface area contributed by atoms with Crippen molar-refractivity contribution in [1.29, 1.82) is 0 Å². The smallest absolute Gasteiger partial charge is 0.293 e. The molecule has 8 nitrogen and oxygen atoms in total. The summed E-state index contributed by atoms with van der Waals surface area (Å²) in [6.07, 6.45) is 0.981. The normalized spacial score (nSPS) is 15.2. The van der Waals surface area contributed by atoms with Crippen molar-refractivity contribution >= 4 is 42.4 Å². The number of nitrogens with zero attached hydrogens (tertiary/aromatic N) is 4. The average molecular weight is 403 g/mol. The maximum absolute atomic E-state index is 10.8. The van der Waals surface area contributed by atoms with E-state index in [1.165, 1.54) is 0 Å². The molecule has 0 saturated carbocycles. The van der Waals surface area contributed by atoms with E-state index in [0.29, 0.717) is 5.70 Å². The molecule has 0 fully saturated rings. The van der Waals surface area contributed by atoms with Crippen LogP contribution in [0, 0.1) is 0 Å². The van der Waals surface area contributed by atoms with Crippen LogP contribution in [-0.4, -0.2) is 13.0 Å². The zero-order valence-corrected chi connectivity index (χ0v) is 13.4. The topological polar surface area (TPSA) is 130 Å². The van der Waals surface area contributed by atoms with Crippen molar-refractivity contribution in [3.05, 3.63) is 34.7 Å². The van der Waals surface area contributed by atoms with E-state index in [2.05, 4.69) is 25.0 Å². The zero-order chi connectivity index (χ0) is 14.3. The Morgan fingerprint density at radius 2 is 2.06 bits per heavy atom. The second-order valence-electron chi connectivity index (χ2n) is 2.86. The van der Waals surface area contributed by atoms with Gasteiger partial charge < -0.3 is 5.73 Å². The molecule has 18 heavy (non-hydrogen) atoms. The van der Waals surface area contributed by atoms with Crippen molar-refractivity contribution in [2.24, 2.45) is 24.2 Å². The van der Waals surface area contributed by atoms with Gasteiger partial charge in [0.25, 0.3) is 10.1 Å². The maximum atomic E-state index is 10.8. The molecule has 11 heteroatoms. The molecule has 0 aliphatic carbocycles. The van der Waals surface area contributed by atoms with E-state index in [1.807, 2.05) is 9.39 Å². The first-order valence-corrected chi connectivity index (χ1v) is 7.14. The van der Waals surface area contributed by atoms with Gasteiger partial charge in [0.15, 0.2) is 0 Å². The summed E-state index contributed by atoms with van der Waals surface area (Å²) >= 11 is 1.59. The molecular weight excluding hydrogens is 392 g/mol. The molecule has 0 heterocycles. The largest absolute Gasteiger partial charge is 0.395 e. The molecule has 0 radical (unpaired) electrons. The Hall–Kier alpha value is -0.710. The van der Waals surface area contributed by atoms with E-state index in [1.54, 1.807) is 29.8 Å². The predicted octanol–water partition coefficient (Wildman–Crippen LogP) is 2.51. The fraction of sp³-hybridized carbons (Fsp3) is 0.143. The third kappa shape index (κ3) is 5.76. The number of nitrogens with two attached hydrogens (primary N) is 1. The third-order valence-corrected chi connectivity index (χ3v) is 2.76. The van der Waals surface area contributed by atoms with Crippen molar-refractivity contribution < 1.29 is 13.0 Å². The summed E-state index contributed by atoms with van der Waals surface area (Å²) in [5.74, 6) is 0. The summed E-state index contributed by atoms with van der Waals surface area (Å²) in [6, 6.07) is 0. The van der Waals surface area contributed by atoms with E-state index >= 15 is 0 Å². The Morgan fingerprint density at radius 1 is 1.50 bits per heavy atom. The van der Waals surface area contributed by atoms with Gasteiger partial charge in [-0.3, -0.25) is 4.55 Å². The fourth-order valence-corrected chi connectivity index (χ4v) is 1.42. The molecule has 0 amide bonds. The highest BCUT2D eigenvalue weighted by molar-refractivity contribution is 14.1. The minimum Gasteiger partial charge on any atom is -0.395 e. The molecule has 0 aliphatic heterocycles. The highest BCUT2D eigenvalue weighted by Crippen LogP contribution is 2.18. The quantitative estimate of drug-likeness (QED) is 0.240. The van der Waals surface area contributed by atoms with Gasteiger partial charge >= 0.3 is 0 Å². The van der Waals surface area contributed by atoms with Crippen LogP contribution in [0.5, 0.6) is 0 Å². The van der Waals surface area contributed by atoms with E-state index < -0.39 is 15.0 Å². The second kappa shape index (κ2) is 7.67. The molecule has 1 unspecified atom stereocenters. The summed E-state index contributed by atoms with van der Waals surface area (Å²) in [4.78, 5) is 2.88. The standard InChI is InChI=1S/C7H11IN5O3PS/c1-4(18(14,15)16)3-6(11-12-8)7(9)5(2)10-13-17/h3H,1,9,17H2,2H3,(H,14,15,16)/b6-3+,7-5-,12-11?,13-10?. The Labute approximate surface area is 121 Å². The van der Waals surface area contributed by atoms with E-state index in [9.17, 15) is 8.42 Å². The summed E-state index contributed by atoms with van der Waals surface area (Å²) < 4.78 is 33.9. The van der Waals surface area contributed by atoms with Crippen molar-refractivity contribution in [2.45, 2.75) is 6.92 Å². The van der Waals surface area contributed by atoms with Gasteiger partial charge in [0.2, 0.25) is 0 Å². The maximum Gasteiger partial charge on any atom is 0.293 e. The molecule has 1 atom stereocenters.